The molecule has 30 heavy (non-hydrogen) atoms. The summed E-state index contributed by atoms with van der Waals surface area (Å²) in [6, 6.07) is 21.1. The number of fused-ring (bicyclic) bond motifs is 2. The number of rotatable bonds is 6. The number of nitrogens with zero attached hydrogens (tertiary/aromatic N) is 3. The number of ether oxygens (including phenoxy) is 1. The zero-order valence-electron chi connectivity index (χ0n) is 15.7. The molecular weight excluding hydrogens is 382 g/mol. The highest BCUT2D eigenvalue weighted by atomic mass is 16.5. The van der Waals surface area contributed by atoms with Crippen LogP contribution in [0.25, 0.3) is 27.5 Å². The normalized spacial score (nSPS) is 11.1. The summed E-state index contributed by atoms with van der Waals surface area (Å²) in [5.41, 5.74) is 3.67. The Hall–Kier alpha value is -4.33. The number of aromatic amines is 1. The van der Waals surface area contributed by atoms with E-state index < -0.39 is 5.97 Å². The highest BCUT2D eigenvalue weighted by molar-refractivity contribution is 5.94. The van der Waals surface area contributed by atoms with E-state index in [1.54, 1.807) is 18.3 Å². The van der Waals surface area contributed by atoms with Crippen molar-refractivity contribution in [2.75, 3.05) is 11.9 Å². The number of carboxylic acid groups (broad SMARTS) is 1. The van der Waals surface area contributed by atoms with E-state index in [4.69, 9.17) is 14.9 Å². The van der Waals surface area contributed by atoms with E-state index >= 15 is 0 Å². The number of aliphatic carboxylic acids is 1. The van der Waals surface area contributed by atoms with Crippen molar-refractivity contribution in [2.24, 2.45) is 0 Å². The van der Waals surface area contributed by atoms with E-state index in [1.807, 2.05) is 59.3 Å². The molecule has 0 aliphatic carbocycles. The quantitative estimate of drug-likeness (QED) is 0.397. The number of hydrogen-bond acceptors (Lipinski definition) is 5. The Kier molecular flexibility index (Phi) is 4.29. The minimum Gasteiger partial charge on any atom is -0.482 e. The first-order valence-electron chi connectivity index (χ1n) is 9.30. The summed E-state index contributed by atoms with van der Waals surface area (Å²) in [4.78, 5) is 10.7. The van der Waals surface area contributed by atoms with Gasteiger partial charge in [0.25, 0.3) is 0 Å². The second-order valence-electron chi connectivity index (χ2n) is 6.75. The fraction of sp³-hybridized carbons (Fsp3) is 0.0455. The van der Waals surface area contributed by atoms with Gasteiger partial charge < -0.3 is 15.2 Å². The summed E-state index contributed by atoms with van der Waals surface area (Å²) in [6.45, 7) is -0.376. The van der Waals surface area contributed by atoms with Gasteiger partial charge in [-0.2, -0.15) is 5.10 Å². The highest BCUT2D eigenvalue weighted by Crippen LogP contribution is 2.29. The fourth-order valence-corrected chi connectivity index (χ4v) is 3.34. The predicted molar refractivity (Wildman–Crippen MR) is 114 cm³/mol. The van der Waals surface area contributed by atoms with Gasteiger partial charge in [-0.1, -0.05) is 12.1 Å². The van der Waals surface area contributed by atoms with E-state index in [1.165, 1.54) is 0 Å². The van der Waals surface area contributed by atoms with E-state index in [2.05, 4.69) is 15.5 Å². The van der Waals surface area contributed by atoms with Crippen molar-refractivity contribution in [3.8, 4) is 11.4 Å². The molecule has 0 saturated carbocycles. The molecule has 0 aliphatic rings. The second kappa shape index (κ2) is 7.25. The summed E-state index contributed by atoms with van der Waals surface area (Å²) >= 11 is 0. The third-order valence-electron chi connectivity index (χ3n) is 4.73. The Balaban J connectivity index is 1.50. The molecule has 0 amide bonds. The van der Waals surface area contributed by atoms with Gasteiger partial charge in [-0.3, -0.25) is 5.10 Å². The molecule has 148 valence electrons. The summed E-state index contributed by atoms with van der Waals surface area (Å²) in [7, 11) is 0. The van der Waals surface area contributed by atoms with Crippen LogP contribution in [0, 0.1) is 0 Å². The lowest BCUT2D eigenvalue weighted by Crippen LogP contribution is -2.09. The first kappa shape index (κ1) is 17.7. The standard InChI is InChI=1S/C22H17N5O3/c28-21(29)13-30-17-8-6-16(7-9-17)27-20-4-2-1-3-18(20)22(26-27)24-15-5-10-19-14(11-15)12-23-25-19/h1-12H,13H2,(H,23,25)(H,24,26)(H,28,29). The van der Waals surface area contributed by atoms with Crippen LogP contribution < -0.4 is 10.1 Å². The number of H-pyrrole nitrogens is 1. The van der Waals surface area contributed by atoms with Crippen LogP contribution >= 0.6 is 0 Å². The minimum atomic E-state index is -1.01. The average molecular weight is 399 g/mol. The maximum atomic E-state index is 10.7. The SMILES string of the molecule is O=C(O)COc1ccc(-n2nc(Nc3ccc4[nH]ncc4c3)c3ccccc32)cc1. The Morgan fingerprint density at radius 2 is 1.93 bits per heavy atom. The molecule has 3 aromatic carbocycles. The lowest BCUT2D eigenvalue weighted by molar-refractivity contribution is -0.139. The van der Waals surface area contributed by atoms with Crippen molar-refractivity contribution in [3.63, 3.8) is 0 Å². The number of carbonyl (C=O) groups is 1. The van der Waals surface area contributed by atoms with Crippen LogP contribution in [0.1, 0.15) is 0 Å². The van der Waals surface area contributed by atoms with Crippen molar-refractivity contribution in [1.29, 1.82) is 0 Å². The molecule has 0 radical (unpaired) electrons. The summed E-state index contributed by atoms with van der Waals surface area (Å²) in [6.07, 6.45) is 1.78. The van der Waals surface area contributed by atoms with E-state index in [0.717, 1.165) is 39.0 Å². The molecule has 0 bridgehead atoms. The molecule has 0 aliphatic heterocycles. The van der Waals surface area contributed by atoms with Crippen molar-refractivity contribution in [2.45, 2.75) is 0 Å². The Morgan fingerprint density at radius 3 is 2.77 bits per heavy atom. The average Bonchev–Trinajstić information content (AvgIpc) is 3.37. The fourth-order valence-electron chi connectivity index (χ4n) is 3.34. The van der Waals surface area contributed by atoms with Crippen LogP contribution in [0.4, 0.5) is 11.5 Å². The van der Waals surface area contributed by atoms with E-state index in [-0.39, 0.29) is 6.61 Å². The van der Waals surface area contributed by atoms with Crippen LogP contribution in [-0.4, -0.2) is 37.7 Å². The number of anilines is 2. The van der Waals surface area contributed by atoms with Gasteiger partial charge in [0.05, 0.1) is 22.9 Å². The molecule has 8 nitrogen and oxygen atoms in total. The zero-order chi connectivity index (χ0) is 20.5. The number of aromatic nitrogens is 4. The number of hydrogen-bond donors (Lipinski definition) is 3. The van der Waals surface area contributed by atoms with Crippen molar-refractivity contribution in [3.05, 3.63) is 72.9 Å². The predicted octanol–water partition coefficient (Wildman–Crippen LogP) is 4.11. The highest BCUT2D eigenvalue weighted by Gasteiger charge is 2.12. The van der Waals surface area contributed by atoms with Crippen LogP contribution in [0.3, 0.4) is 0 Å². The summed E-state index contributed by atoms with van der Waals surface area (Å²) in [5, 5.41) is 25.9. The topological polar surface area (TPSA) is 105 Å². The lowest BCUT2D eigenvalue weighted by atomic mass is 10.2. The van der Waals surface area contributed by atoms with Crippen LogP contribution in [-0.2, 0) is 4.79 Å². The van der Waals surface area contributed by atoms with Gasteiger partial charge in [-0.15, -0.1) is 5.10 Å². The molecular formula is C22H17N5O3. The van der Waals surface area contributed by atoms with E-state index in [0.29, 0.717) is 5.75 Å². The molecule has 2 aromatic heterocycles. The Morgan fingerprint density at radius 1 is 1.10 bits per heavy atom. The first-order chi connectivity index (χ1) is 14.7. The van der Waals surface area contributed by atoms with Gasteiger partial charge >= 0.3 is 5.97 Å². The smallest absolute Gasteiger partial charge is 0.341 e. The number of para-hydroxylation sites is 1. The molecule has 0 unspecified atom stereocenters. The van der Waals surface area contributed by atoms with Gasteiger partial charge in [-0.05, 0) is 54.6 Å². The third kappa shape index (κ3) is 3.30. The van der Waals surface area contributed by atoms with Gasteiger partial charge in [0.2, 0.25) is 0 Å². The van der Waals surface area contributed by atoms with Crippen LogP contribution in [0.5, 0.6) is 5.75 Å². The van der Waals surface area contributed by atoms with Gasteiger partial charge in [0.1, 0.15) is 5.75 Å². The van der Waals surface area contributed by atoms with Crippen LogP contribution in [0.15, 0.2) is 72.9 Å². The van der Waals surface area contributed by atoms with E-state index in [9.17, 15) is 4.79 Å². The molecule has 8 heteroatoms. The van der Waals surface area contributed by atoms with Crippen molar-refractivity contribution in [1.82, 2.24) is 20.0 Å². The largest absolute Gasteiger partial charge is 0.482 e. The van der Waals surface area contributed by atoms with Crippen LogP contribution in [0.2, 0.25) is 0 Å². The minimum absolute atomic E-state index is 0.376. The number of nitrogens with one attached hydrogen (secondary N) is 2. The van der Waals surface area contributed by atoms with Crippen molar-refractivity contribution < 1.29 is 14.6 Å². The zero-order valence-corrected chi connectivity index (χ0v) is 15.7. The van der Waals surface area contributed by atoms with Gasteiger partial charge in [0, 0.05) is 16.5 Å². The van der Waals surface area contributed by atoms with Gasteiger partial charge in [-0.25, -0.2) is 9.48 Å². The molecule has 3 N–H and O–H groups in total. The molecule has 5 rings (SSSR count). The molecule has 0 spiro atoms. The Bertz CT molecular complexity index is 1350. The monoisotopic (exact) mass is 399 g/mol. The lowest BCUT2D eigenvalue weighted by Gasteiger charge is -2.06. The van der Waals surface area contributed by atoms with Gasteiger partial charge in [0.15, 0.2) is 12.4 Å². The summed E-state index contributed by atoms with van der Waals surface area (Å²) in [5.74, 6) is 0.213. The first-order valence-corrected chi connectivity index (χ1v) is 9.30. The number of benzene rings is 3. The Labute approximate surface area is 170 Å². The number of carboxylic acids is 1. The maximum Gasteiger partial charge on any atom is 0.341 e. The molecule has 0 fully saturated rings. The van der Waals surface area contributed by atoms with Crippen molar-refractivity contribution >= 4 is 39.3 Å². The third-order valence-corrected chi connectivity index (χ3v) is 4.73. The second-order valence-corrected chi connectivity index (χ2v) is 6.75. The maximum absolute atomic E-state index is 10.7. The summed E-state index contributed by atoms with van der Waals surface area (Å²) < 4.78 is 7.05. The molecule has 0 atom stereocenters. The molecule has 2 heterocycles. The molecule has 5 aromatic rings. The molecule has 0 saturated heterocycles.